The molecule has 0 bridgehead atoms. The van der Waals surface area contributed by atoms with E-state index < -0.39 is 0 Å². The normalized spacial score (nSPS) is 17.6. The van der Waals surface area contributed by atoms with E-state index in [-0.39, 0.29) is 11.8 Å². The van der Waals surface area contributed by atoms with Gasteiger partial charge in [-0.05, 0) is 25.8 Å². The van der Waals surface area contributed by atoms with Crippen LogP contribution in [0.5, 0.6) is 0 Å². The Morgan fingerprint density at radius 1 is 1.36 bits per heavy atom. The lowest BCUT2D eigenvalue weighted by molar-refractivity contribution is -0.119. The SMILES string of the molecule is Cc1ccc(Cc2sc(NC(=O)C3CCOC3)nc2C)cc1. The minimum atomic E-state index is -0.0373. The maximum atomic E-state index is 12.1. The quantitative estimate of drug-likeness (QED) is 0.941. The van der Waals surface area contributed by atoms with Crippen molar-refractivity contribution in [2.75, 3.05) is 18.5 Å². The average Bonchev–Trinajstić information content (AvgIpc) is 3.12. The highest BCUT2D eigenvalue weighted by Crippen LogP contribution is 2.26. The zero-order valence-electron chi connectivity index (χ0n) is 12.9. The van der Waals surface area contributed by atoms with Crippen molar-refractivity contribution in [3.05, 3.63) is 46.0 Å². The Balaban J connectivity index is 1.67. The molecule has 116 valence electrons. The van der Waals surface area contributed by atoms with Crippen molar-refractivity contribution in [3.8, 4) is 0 Å². The molecule has 5 heteroatoms. The van der Waals surface area contributed by atoms with Crippen molar-refractivity contribution in [2.45, 2.75) is 26.7 Å². The fourth-order valence-electron chi connectivity index (χ4n) is 2.49. The summed E-state index contributed by atoms with van der Waals surface area (Å²) in [4.78, 5) is 17.8. The van der Waals surface area contributed by atoms with Gasteiger partial charge in [-0.25, -0.2) is 4.98 Å². The lowest BCUT2D eigenvalue weighted by Gasteiger charge is -2.05. The predicted molar refractivity (Wildman–Crippen MR) is 88.4 cm³/mol. The number of nitrogens with zero attached hydrogens (tertiary/aromatic N) is 1. The summed E-state index contributed by atoms with van der Waals surface area (Å²) in [6.07, 6.45) is 1.65. The number of thiazole rings is 1. The first-order valence-corrected chi connectivity index (χ1v) is 8.34. The van der Waals surface area contributed by atoms with Gasteiger partial charge in [0, 0.05) is 17.9 Å². The highest BCUT2D eigenvalue weighted by atomic mass is 32.1. The lowest BCUT2D eigenvalue weighted by atomic mass is 10.1. The molecule has 0 radical (unpaired) electrons. The molecule has 0 aliphatic carbocycles. The molecular formula is C17H20N2O2S. The first kappa shape index (κ1) is 15.2. The van der Waals surface area contributed by atoms with E-state index in [9.17, 15) is 4.79 Å². The summed E-state index contributed by atoms with van der Waals surface area (Å²) < 4.78 is 5.26. The third-order valence-corrected chi connectivity index (χ3v) is 4.98. The second-order valence-corrected chi connectivity index (χ2v) is 6.82. The van der Waals surface area contributed by atoms with Gasteiger partial charge in [-0.1, -0.05) is 29.8 Å². The Morgan fingerprint density at radius 2 is 2.14 bits per heavy atom. The summed E-state index contributed by atoms with van der Waals surface area (Å²) >= 11 is 1.56. The standard InChI is InChI=1S/C17H20N2O2S/c1-11-3-5-13(6-4-11)9-15-12(2)18-17(22-15)19-16(20)14-7-8-21-10-14/h3-6,14H,7-10H2,1-2H3,(H,18,19,20). The molecule has 1 N–H and O–H groups in total. The Morgan fingerprint density at radius 3 is 2.82 bits per heavy atom. The second-order valence-electron chi connectivity index (χ2n) is 5.74. The smallest absolute Gasteiger partial charge is 0.231 e. The molecule has 0 saturated carbocycles. The topological polar surface area (TPSA) is 51.2 Å². The number of carbonyl (C=O) groups excluding carboxylic acids is 1. The van der Waals surface area contributed by atoms with E-state index in [1.807, 2.05) is 6.92 Å². The Kier molecular flexibility index (Phi) is 4.55. The van der Waals surface area contributed by atoms with Gasteiger partial charge in [0.15, 0.2) is 5.13 Å². The van der Waals surface area contributed by atoms with Crippen molar-refractivity contribution < 1.29 is 9.53 Å². The monoisotopic (exact) mass is 316 g/mol. The third kappa shape index (κ3) is 3.54. The fraction of sp³-hybridized carbons (Fsp3) is 0.412. The van der Waals surface area contributed by atoms with Gasteiger partial charge in [0.1, 0.15) is 0 Å². The van der Waals surface area contributed by atoms with E-state index in [2.05, 4.69) is 41.5 Å². The molecular weight excluding hydrogens is 296 g/mol. The lowest BCUT2D eigenvalue weighted by Crippen LogP contribution is -2.22. The predicted octanol–water partition coefficient (Wildman–Crippen LogP) is 3.33. The van der Waals surface area contributed by atoms with Gasteiger partial charge < -0.3 is 10.1 Å². The van der Waals surface area contributed by atoms with Crippen molar-refractivity contribution in [1.29, 1.82) is 0 Å². The molecule has 1 fully saturated rings. The van der Waals surface area contributed by atoms with E-state index in [4.69, 9.17) is 4.74 Å². The first-order chi connectivity index (χ1) is 10.6. The molecule has 1 atom stereocenters. The van der Waals surface area contributed by atoms with E-state index in [1.54, 1.807) is 11.3 Å². The summed E-state index contributed by atoms with van der Waals surface area (Å²) in [6, 6.07) is 8.52. The molecule has 3 rings (SSSR count). The zero-order chi connectivity index (χ0) is 15.5. The molecule has 1 aromatic heterocycles. The van der Waals surface area contributed by atoms with Gasteiger partial charge in [-0.15, -0.1) is 11.3 Å². The van der Waals surface area contributed by atoms with Crippen LogP contribution in [0.25, 0.3) is 0 Å². The first-order valence-electron chi connectivity index (χ1n) is 7.52. The summed E-state index contributed by atoms with van der Waals surface area (Å²) in [7, 11) is 0. The number of hydrogen-bond acceptors (Lipinski definition) is 4. The third-order valence-electron chi connectivity index (χ3n) is 3.91. The molecule has 1 aromatic carbocycles. The number of hydrogen-bond donors (Lipinski definition) is 1. The van der Waals surface area contributed by atoms with Gasteiger partial charge in [0.25, 0.3) is 0 Å². The van der Waals surface area contributed by atoms with Crippen LogP contribution in [0.1, 0.15) is 28.1 Å². The molecule has 2 aromatic rings. The largest absolute Gasteiger partial charge is 0.381 e. The Bertz CT molecular complexity index is 658. The minimum Gasteiger partial charge on any atom is -0.381 e. The van der Waals surface area contributed by atoms with Crippen molar-refractivity contribution in [1.82, 2.24) is 4.98 Å². The molecule has 1 saturated heterocycles. The minimum absolute atomic E-state index is 0.0214. The van der Waals surface area contributed by atoms with Crippen LogP contribution in [0, 0.1) is 19.8 Å². The summed E-state index contributed by atoms with van der Waals surface area (Å²) in [5.74, 6) is -0.0158. The molecule has 1 aliphatic heterocycles. The highest BCUT2D eigenvalue weighted by Gasteiger charge is 2.24. The number of aromatic nitrogens is 1. The molecule has 2 heterocycles. The van der Waals surface area contributed by atoms with Gasteiger partial charge >= 0.3 is 0 Å². The molecule has 22 heavy (non-hydrogen) atoms. The van der Waals surface area contributed by atoms with Crippen LogP contribution in [-0.2, 0) is 16.0 Å². The number of ether oxygens (including phenoxy) is 1. The van der Waals surface area contributed by atoms with Crippen LogP contribution in [0.4, 0.5) is 5.13 Å². The second kappa shape index (κ2) is 6.58. The number of nitrogens with one attached hydrogen (secondary N) is 1. The van der Waals surface area contributed by atoms with Crippen molar-refractivity contribution in [2.24, 2.45) is 5.92 Å². The molecule has 1 aliphatic rings. The van der Waals surface area contributed by atoms with Gasteiger partial charge in [0.2, 0.25) is 5.91 Å². The van der Waals surface area contributed by atoms with E-state index in [0.29, 0.717) is 18.3 Å². The summed E-state index contributed by atoms with van der Waals surface area (Å²) in [5.41, 5.74) is 3.51. The molecule has 1 amide bonds. The summed E-state index contributed by atoms with van der Waals surface area (Å²) in [5, 5.41) is 3.62. The highest BCUT2D eigenvalue weighted by molar-refractivity contribution is 7.15. The van der Waals surface area contributed by atoms with Crippen molar-refractivity contribution >= 4 is 22.4 Å². The van der Waals surface area contributed by atoms with Crippen molar-refractivity contribution in [3.63, 3.8) is 0 Å². The van der Waals surface area contributed by atoms with Gasteiger partial charge in [-0.2, -0.15) is 0 Å². The van der Waals surface area contributed by atoms with Crippen LogP contribution >= 0.6 is 11.3 Å². The molecule has 4 nitrogen and oxygen atoms in total. The van der Waals surface area contributed by atoms with E-state index in [0.717, 1.165) is 18.5 Å². The van der Waals surface area contributed by atoms with Gasteiger partial charge in [0.05, 0.1) is 18.2 Å². The number of amides is 1. The number of benzene rings is 1. The molecule has 0 spiro atoms. The maximum Gasteiger partial charge on any atom is 0.231 e. The van der Waals surface area contributed by atoms with Crippen LogP contribution in [0.3, 0.4) is 0 Å². The van der Waals surface area contributed by atoms with Crippen LogP contribution in [-0.4, -0.2) is 24.1 Å². The maximum absolute atomic E-state index is 12.1. The van der Waals surface area contributed by atoms with E-state index >= 15 is 0 Å². The average molecular weight is 316 g/mol. The number of rotatable bonds is 4. The van der Waals surface area contributed by atoms with E-state index in [1.165, 1.54) is 16.0 Å². The Hall–Kier alpha value is -1.72. The number of anilines is 1. The van der Waals surface area contributed by atoms with Crippen LogP contribution in [0.2, 0.25) is 0 Å². The zero-order valence-corrected chi connectivity index (χ0v) is 13.7. The number of carbonyl (C=O) groups is 1. The fourth-order valence-corrected chi connectivity index (χ4v) is 3.49. The van der Waals surface area contributed by atoms with Crippen LogP contribution in [0.15, 0.2) is 24.3 Å². The Labute approximate surface area is 134 Å². The number of aryl methyl sites for hydroxylation is 2. The molecule has 1 unspecified atom stereocenters. The van der Waals surface area contributed by atoms with Gasteiger partial charge in [-0.3, -0.25) is 4.79 Å². The van der Waals surface area contributed by atoms with Crippen LogP contribution < -0.4 is 5.32 Å². The summed E-state index contributed by atoms with van der Waals surface area (Å²) in [6.45, 7) is 5.27.